The first-order valence-electron chi connectivity index (χ1n) is 7.94. The summed E-state index contributed by atoms with van der Waals surface area (Å²) in [6, 6.07) is 16.1. The van der Waals surface area contributed by atoms with Crippen LogP contribution in [0.3, 0.4) is 0 Å². The van der Waals surface area contributed by atoms with E-state index in [1.807, 2.05) is 44.2 Å². The van der Waals surface area contributed by atoms with Crippen LogP contribution in [0.5, 0.6) is 0 Å². The van der Waals surface area contributed by atoms with E-state index in [0.717, 1.165) is 11.1 Å². The zero-order valence-electron chi connectivity index (χ0n) is 14.8. The first kappa shape index (κ1) is 22.3. The van der Waals surface area contributed by atoms with Gasteiger partial charge in [-0.05, 0) is 12.0 Å². The number of hydrogen-bond acceptors (Lipinski definition) is 1. The number of rotatable bonds is 3. The van der Waals surface area contributed by atoms with Gasteiger partial charge in [0.2, 0.25) is 0 Å². The van der Waals surface area contributed by atoms with Crippen LogP contribution in [0.1, 0.15) is 35.3 Å². The Labute approximate surface area is 167 Å². The smallest absolute Gasteiger partial charge is 0.173 e. The second-order valence-electron chi connectivity index (χ2n) is 5.44. The van der Waals surface area contributed by atoms with Crippen molar-refractivity contribution < 1.29 is 37.5 Å². The predicted octanol–water partition coefficient (Wildman–Crippen LogP) is 4.47. The van der Waals surface area contributed by atoms with Crippen molar-refractivity contribution in [1.82, 2.24) is 0 Å². The van der Waals surface area contributed by atoms with Gasteiger partial charge >= 0.3 is 0 Å². The molecule has 0 atom stereocenters. The van der Waals surface area contributed by atoms with Crippen molar-refractivity contribution in [3.8, 4) is 0 Å². The predicted molar refractivity (Wildman–Crippen MR) is 98.4 cm³/mol. The van der Waals surface area contributed by atoms with Gasteiger partial charge < -0.3 is 7.43 Å². The van der Waals surface area contributed by atoms with Crippen LogP contribution in [0.25, 0.3) is 0 Å². The van der Waals surface area contributed by atoms with E-state index in [2.05, 4.69) is 25.0 Å². The van der Waals surface area contributed by atoms with Gasteiger partial charge in [-0.3, -0.25) is 4.79 Å². The van der Waals surface area contributed by atoms with Gasteiger partial charge in [-0.2, -0.15) is 0 Å². The van der Waals surface area contributed by atoms with Gasteiger partial charge in [-0.1, -0.05) is 86.5 Å². The number of hydrogen-bond donors (Lipinski definition) is 0. The molecular formula is C20H26BOY-. The Morgan fingerprint density at radius 1 is 1.09 bits per heavy atom. The Morgan fingerprint density at radius 2 is 1.74 bits per heavy atom. The number of Topliss-reactive ketones (excluding diaryl/α,β-unsaturated/α-hetero) is 1. The molecule has 0 saturated heterocycles. The maximum atomic E-state index is 12.2. The average molecular weight is 382 g/mol. The average Bonchev–Trinajstić information content (AvgIpc) is 2.91. The molecule has 3 rings (SSSR count). The maximum Gasteiger partial charge on any atom is 0.173 e. The summed E-state index contributed by atoms with van der Waals surface area (Å²) in [5.74, 6) is 0.200. The van der Waals surface area contributed by atoms with Crippen molar-refractivity contribution in [2.75, 3.05) is 0 Å². The summed E-state index contributed by atoms with van der Waals surface area (Å²) in [4.78, 5) is 12.2. The van der Waals surface area contributed by atoms with Crippen molar-refractivity contribution in [3.63, 3.8) is 0 Å². The number of carbonyl (C=O) groups is 1. The largest absolute Gasteiger partial charge is 0.358 e. The van der Waals surface area contributed by atoms with E-state index in [1.54, 1.807) is 0 Å². The quantitative estimate of drug-likeness (QED) is 0.435. The minimum absolute atomic E-state index is 0. The number of ketones is 1. The fourth-order valence-electron chi connectivity index (χ4n) is 2.88. The topological polar surface area (TPSA) is 17.1 Å². The molecule has 0 fully saturated rings. The zero-order valence-corrected chi connectivity index (χ0v) is 17.6. The van der Waals surface area contributed by atoms with Crippen molar-refractivity contribution >= 4 is 18.0 Å². The van der Waals surface area contributed by atoms with Crippen LogP contribution in [-0.2, 0) is 45.6 Å². The number of carbonyl (C=O) groups excluding carboxylic acids is 1. The molecule has 1 heterocycles. The third-order valence-corrected chi connectivity index (χ3v) is 4.05. The molecule has 0 bridgehead atoms. The van der Waals surface area contributed by atoms with E-state index in [4.69, 9.17) is 0 Å². The second kappa shape index (κ2) is 10.9. The molecule has 0 N–H and O–H groups in total. The second-order valence-corrected chi connectivity index (χ2v) is 5.44. The molecule has 1 radical (unpaired) electrons. The van der Waals surface area contributed by atoms with Crippen LogP contribution >= 0.6 is 0 Å². The number of benzene rings is 2. The van der Waals surface area contributed by atoms with E-state index in [1.165, 1.54) is 23.8 Å². The first-order valence-corrected chi connectivity index (χ1v) is 7.94. The first-order chi connectivity index (χ1) is 10.2. The molecular weight excluding hydrogens is 356 g/mol. The Hall–Kier alpha value is -0.721. The molecule has 23 heavy (non-hydrogen) atoms. The molecule has 119 valence electrons. The molecule has 0 saturated carbocycles. The molecule has 2 aromatic carbocycles. The molecule has 1 nitrogen and oxygen atoms in total. The van der Waals surface area contributed by atoms with Crippen molar-refractivity contribution in [2.24, 2.45) is 0 Å². The van der Waals surface area contributed by atoms with E-state index >= 15 is 0 Å². The van der Waals surface area contributed by atoms with Gasteiger partial charge in [0, 0.05) is 44.7 Å². The van der Waals surface area contributed by atoms with Gasteiger partial charge in [0.1, 0.15) is 0 Å². The third-order valence-electron chi connectivity index (χ3n) is 4.05. The van der Waals surface area contributed by atoms with Crippen LogP contribution in [0.2, 0.25) is 13.1 Å². The van der Waals surface area contributed by atoms with Crippen molar-refractivity contribution in [3.05, 3.63) is 72.6 Å². The Bertz CT molecular complexity index is 610. The summed E-state index contributed by atoms with van der Waals surface area (Å²) in [6.45, 7) is 6.91. The van der Waals surface area contributed by atoms with Crippen molar-refractivity contribution in [1.29, 1.82) is 0 Å². The van der Waals surface area contributed by atoms with Gasteiger partial charge in [0.25, 0.3) is 0 Å². The summed E-state index contributed by atoms with van der Waals surface area (Å²) in [5.41, 5.74) is 4.85. The Morgan fingerprint density at radius 3 is 2.39 bits per heavy atom. The molecule has 0 spiro atoms. The number of fused-ring (bicyclic) bond motifs is 1. The van der Waals surface area contributed by atoms with E-state index < -0.39 is 0 Å². The molecule has 1 aliphatic rings. The minimum Gasteiger partial charge on any atom is -0.358 e. The van der Waals surface area contributed by atoms with E-state index in [0.29, 0.717) is 13.1 Å². The van der Waals surface area contributed by atoms with Crippen LogP contribution in [0.4, 0.5) is 0 Å². The number of aryl methyl sites for hydroxylation is 1. The fraction of sp³-hybridized carbons (Fsp3) is 0.300. The van der Waals surface area contributed by atoms with Crippen LogP contribution < -0.4 is 5.46 Å². The van der Waals surface area contributed by atoms with Gasteiger partial charge in [0.05, 0.1) is 0 Å². The van der Waals surface area contributed by atoms with E-state index in [9.17, 15) is 4.79 Å². The molecule has 0 aliphatic carbocycles. The van der Waals surface area contributed by atoms with Gasteiger partial charge in [-0.25, -0.2) is 0 Å². The normalized spacial score (nSPS) is 11.3. The van der Waals surface area contributed by atoms with Crippen LogP contribution in [0, 0.1) is 7.43 Å². The molecule has 0 amide bonds. The summed E-state index contributed by atoms with van der Waals surface area (Å²) in [6.07, 6.45) is 2.93. The Kier molecular flexibility index (Phi) is 10.6. The Balaban J connectivity index is 0.00000117. The fourth-order valence-corrected chi connectivity index (χ4v) is 2.88. The molecule has 0 aromatic heterocycles. The zero-order chi connectivity index (χ0) is 15.2. The maximum absolute atomic E-state index is 12.2. The molecule has 0 unspecified atom stereocenters. The SMILES string of the molecule is CB1CCc2ccc(CC(=O)c3ccccc3)cc21.CC.[CH3-].[Y]. The molecule has 1 aliphatic heterocycles. The minimum atomic E-state index is 0. The standard InChI is InChI=1S/C17H17BO.C2H6.CH3.Y/c1-18-10-9-14-8-7-13(11-16(14)18)12-17(19)15-5-3-2-4-6-15;1-2;;/h2-8,11H,9-10,12H2,1H3;1-2H3;1H3;/q;;-1;. The van der Waals surface area contributed by atoms with E-state index in [-0.39, 0.29) is 45.9 Å². The summed E-state index contributed by atoms with van der Waals surface area (Å²) in [5, 5.41) is 0. The monoisotopic (exact) mass is 382 g/mol. The molecule has 3 heteroatoms. The van der Waals surface area contributed by atoms with Crippen LogP contribution in [0.15, 0.2) is 48.5 Å². The summed E-state index contributed by atoms with van der Waals surface area (Å²) >= 11 is 0. The summed E-state index contributed by atoms with van der Waals surface area (Å²) < 4.78 is 0. The van der Waals surface area contributed by atoms with Crippen molar-refractivity contribution in [2.45, 2.75) is 39.8 Å². The third kappa shape index (κ3) is 5.69. The van der Waals surface area contributed by atoms with Gasteiger partial charge in [-0.15, -0.1) is 0 Å². The molecule has 2 aromatic rings. The van der Waals surface area contributed by atoms with Crippen LogP contribution in [-0.4, -0.2) is 12.5 Å². The summed E-state index contributed by atoms with van der Waals surface area (Å²) in [7, 11) is 0. The van der Waals surface area contributed by atoms with Gasteiger partial charge in [0.15, 0.2) is 12.5 Å².